The van der Waals surface area contributed by atoms with Crippen molar-refractivity contribution in [2.45, 2.75) is 13.0 Å². The smallest absolute Gasteiger partial charge is 0.223 e. The Morgan fingerprint density at radius 1 is 1.03 bits per heavy atom. The number of piperazine rings is 1. The van der Waals surface area contributed by atoms with E-state index in [0.717, 1.165) is 53.1 Å². The highest BCUT2D eigenvalue weighted by molar-refractivity contribution is 7.19. The number of nitrogens with zero attached hydrogens (tertiary/aromatic N) is 4. The van der Waals surface area contributed by atoms with Crippen molar-refractivity contribution >= 4 is 34.0 Å². The molecule has 4 aromatic rings. The lowest BCUT2D eigenvalue weighted by Gasteiger charge is -2.26. The van der Waals surface area contributed by atoms with Gasteiger partial charge >= 0.3 is 0 Å². The highest BCUT2D eigenvalue weighted by atomic mass is 35.5. The number of benzene rings is 2. The van der Waals surface area contributed by atoms with Crippen LogP contribution in [-0.2, 0) is 0 Å². The predicted molar refractivity (Wildman–Crippen MR) is 137 cm³/mol. The second kappa shape index (κ2) is 9.87. The highest BCUT2D eigenvalue weighted by Gasteiger charge is 2.21. The first kappa shape index (κ1) is 21.8. The average molecular weight is 477 g/mol. The lowest BCUT2D eigenvalue weighted by Crippen LogP contribution is -2.43. The van der Waals surface area contributed by atoms with Gasteiger partial charge in [-0.25, -0.2) is 15.0 Å². The molecule has 0 spiro atoms. The van der Waals surface area contributed by atoms with Crippen LogP contribution in [0.4, 0.5) is 11.1 Å². The van der Waals surface area contributed by atoms with E-state index in [1.807, 2.05) is 48.5 Å². The minimum Gasteiger partial charge on any atom is -0.348 e. The number of thiazole rings is 1. The molecule has 0 aliphatic carbocycles. The number of nitrogens with one attached hydrogen (secondary N) is 2. The van der Waals surface area contributed by atoms with Crippen molar-refractivity contribution in [1.29, 1.82) is 0 Å². The molecule has 2 aromatic heterocycles. The second-order valence-corrected chi connectivity index (χ2v) is 9.38. The maximum Gasteiger partial charge on any atom is 0.223 e. The Morgan fingerprint density at radius 3 is 2.64 bits per heavy atom. The molecule has 2 N–H and O–H groups in total. The van der Waals surface area contributed by atoms with Crippen LogP contribution >= 0.6 is 22.9 Å². The maximum atomic E-state index is 6.31. The molecular weight excluding hydrogens is 452 g/mol. The molecule has 168 valence electrons. The number of rotatable bonds is 6. The van der Waals surface area contributed by atoms with E-state index in [4.69, 9.17) is 21.6 Å². The Bertz CT molecular complexity index is 1220. The summed E-state index contributed by atoms with van der Waals surface area (Å²) in [7, 11) is 0. The van der Waals surface area contributed by atoms with Gasteiger partial charge < -0.3 is 15.5 Å². The molecule has 8 heteroatoms. The largest absolute Gasteiger partial charge is 0.348 e. The molecule has 1 fully saturated rings. The van der Waals surface area contributed by atoms with Crippen LogP contribution < -0.4 is 15.5 Å². The minimum atomic E-state index is 0.0896. The van der Waals surface area contributed by atoms with Gasteiger partial charge in [0.1, 0.15) is 0 Å². The van der Waals surface area contributed by atoms with E-state index in [0.29, 0.717) is 11.0 Å². The van der Waals surface area contributed by atoms with E-state index in [9.17, 15) is 0 Å². The fraction of sp³-hybridized carbons (Fsp3) is 0.240. The van der Waals surface area contributed by atoms with E-state index in [-0.39, 0.29) is 6.04 Å². The van der Waals surface area contributed by atoms with Crippen molar-refractivity contribution in [3.8, 4) is 21.8 Å². The van der Waals surface area contributed by atoms with Gasteiger partial charge in [0, 0.05) is 43.0 Å². The van der Waals surface area contributed by atoms with Crippen LogP contribution in [0, 0.1) is 0 Å². The lowest BCUT2D eigenvalue weighted by atomic mass is 10.1. The van der Waals surface area contributed by atoms with Crippen molar-refractivity contribution < 1.29 is 0 Å². The standard InChI is InChI=1S/C25H25ClN6S/c1-17(18-6-3-2-4-7-18)29-24-28-11-10-21(30-24)23-22(19-8-5-9-20(26)16-19)31-25(33-23)32-14-12-27-13-15-32/h2-11,16-17,27H,12-15H2,1H3,(H,28,29,30)/t17-/m0/s1. The summed E-state index contributed by atoms with van der Waals surface area (Å²) in [6.07, 6.45) is 1.80. The summed E-state index contributed by atoms with van der Waals surface area (Å²) in [4.78, 5) is 17.7. The third-order valence-electron chi connectivity index (χ3n) is 5.63. The Kier molecular flexibility index (Phi) is 6.53. The van der Waals surface area contributed by atoms with E-state index in [1.165, 1.54) is 5.56 Å². The quantitative estimate of drug-likeness (QED) is 0.383. The normalized spacial score (nSPS) is 14.8. The van der Waals surface area contributed by atoms with E-state index in [2.05, 4.69) is 39.6 Å². The van der Waals surface area contributed by atoms with E-state index >= 15 is 0 Å². The van der Waals surface area contributed by atoms with Crippen LogP contribution in [-0.4, -0.2) is 41.1 Å². The molecule has 6 nitrogen and oxygen atoms in total. The predicted octanol–water partition coefficient (Wildman–Crippen LogP) is 5.50. The molecule has 2 aromatic carbocycles. The van der Waals surface area contributed by atoms with Crippen molar-refractivity contribution in [2.24, 2.45) is 0 Å². The highest BCUT2D eigenvalue weighted by Crippen LogP contribution is 2.40. The average Bonchev–Trinajstić information content (AvgIpc) is 3.31. The van der Waals surface area contributed by atoms with Crippen LogP contribution in [0.2, 0.25) is 5.02 Å². The molecule has 1 aliphatic rings. The maximum absolute atomic E-state index is 6.31. The monoisotopic (exact) mass is 476 g/mol. The molecule has 1 aliphatic heterocycles. The zero-order valence-electron chi connectivity index (χ0n) is 18.3. The Morgan fingerprint density at radius 2 is 1.85 bits per heavy atom. The van der Waals surface area contributed by atoms with Gasteiger partial charge in [0.2, 0.25) is 5.95 Å². The molecule has 0 unspecified atom stereocenters. The summed E-state index contributed by atoms with van der Waals surface area (Å²) >= 11 is 7.98. The van der Waals surface area contributed by atoms with Crippen LogP contribution in [0.1, 0.15) is 18.5 Å². The zero-order valence-corrected chi connectivity index (χ0v) is 19.9. The molecule has 0 radical (unpaired) electrons. The van der Waals surface area contributed by atoms with Crippen LogP contribution in [0.3, 0.4) is 0 Å². The summed E-state index contributed by atoms with van der Waals surface area (Å²) in [5, 5.41) is 8.53. The SMILES string of the molecule is C[C@H](Nc1nccc(-c2sc(N3CCNCC3)nc2-c2cccc(Cl)c2)n1)c1ccccc1. The number of hydrogen-bond acceptors (Lipinski definition) is 7. The lowest BCUT2D eigenvalue weighted by molar-refractivity contribution is 0.588. The topological polar surface area (TPSA) is 66.0 Å². The molecule has 5 rings (SSSR count). The van der Waals surface area contributed by atoms with Crippen molar-refractivity contribution in [2.75, 3.05) is 36.4 Å². The van der Waals surface area contributed by atoms with Crippen molar-refractivity contribution in [3.63, 3.8) is 0 Å². The van der Waals surface area contributed by atoms with Gasteiger partial charge in [-0.15, -0.1) is 0 Å². The van der Waals surface area contributed by atoms with Gasteiger partial charge in [0.05, 0.1) is 22.3 Å². The van der Waals surface area contributed by atoms with Crippen LogP contribution in [0.15, 0.2) is 66.9 Å². The minimum absolute atomic E-state index is 0.0896. The third-order valence-corrected chi connectivity index (χ3v) is 7.01. The molecule has 33 heavy (non-hydrogen) atoms. The number of halogens is 1. The second-order valence-electron chi connectivity index (χ2n) is 7.96. The fourth-order valence-electron chi connectivity index (χ4n) is 3.88. The van der Waals surface area contributed by atoms with Crippen molar-refractivity contribution in [3.05, 3.63) is 77.4 Å². The Labute approximate surface area is 202 Å². The number of aromatic nitrogens is 3. The summed E-state index contributed by atoms with van der Waals surface area (Å²) in [5.74, 6) is 0.595. The zero-order chi connectivity index (χ0) is 22.6. The first-order valence-electron chi connectivity index (χ1n) is 11.0. The van der Waals surface area contributed by atoms with Crippen LogP contribution in [0.5, 0.6) is 0 Å². The van der Waals surface area contributed by atoms with Gasteiger partial charge in [-0.2, -0.15) is 0 Å². The fourth-order valence-corrected chi connectivity index (χ4v) is 5.18. The molecule has 0 amide bonds. The third kappa shape index (κ3) is 5.00. The molecule has 1 atom stereocenters. The van der Waals surface area contributed by atoms with Gasteiger partial charge in [-0.05, 0) is 30.7 Å². The first-order chi connectivity index (χ1) is 16.2. The summed E-state index contributed by atoms with van der Waals surface area (Å²) in [6, 6.07) is 20.2. The molecule has 0 saturated carbocycles. The Hall–Kier alpha value is -3.00. The summed E-state index contributed by atoms with van der Waals surface area (Å²) in [6.45, 7) is 5.90. The summed E-state index contributed by atoms with van der Waals surface area (Å²) < 4.78 is 0. The molecule has 1 saturated heterocycles. The van der Waals surface area contributed by atoms with Gasteiger partial charge in [0.15, 0.2) is 5.13 Å². The van der Waals surface area contributed by atoms with Gasteiger partial charge in [-0.3, -0.25) is 0 Å². The molecule has 3 heterocycles. The van der Waals surface area contributed by atoms with Crippen molar-refractivity contribution in [1.82, 2.24) is 20.3 Å². The number of hydrogen-bond donors (Lipinski definition) is 2. The van der Waals surface area contributed by atoms with Crippen LogP contribution in [0.25, 0.3) is 21.8 Å². The Balaban J connectivity index is 1.51. The van der Waals surface area contributed by atoms with E-state index in [1.54, 1.807) is 17.5 Å². The molecular formula is C25H25ClN6S. The number of anilines is 2. The first-order valence-corrected chi connectivity index (χ1v) is 12.2. The van der Waals surface area contributed by atoms with Gasteiger partial charge in [0.25, 0.3) is 0 Å². The molecule has 0 bridgehead atoms. The summed E-state index contributed by atoms with van der Waals surface area (Å²) in [5.41, 5.74) is 3.92. The van der Waals surface area contributed by atoms with E-state index < -0.39 is 0 Å². The van der Waals surface area contributed by atoms with Gasteiger partial charge in [-0.1, -0.05) is 65.4 Å².